The average molecular weight is 491 g/mol. The molecule has 8 heteroatoms. The van der Waals surface area contributed by atoms with E-state index in [1.807, 2.05) is 26.0 Å². The number of rotatable bonds is 5. The number of piperidine rings is 1. The summed E-state index contributed by atoms with van der Waals surface area (Å²) >= 11 is 0. The minimum atomic E-state index is -0.607. The Morgan fingerprint density at radius 1 is 1.00 bits per heavy atom. The molecule has 2 aromatic rings. The average Bonchev–Trinajstić information content (AvgIpc) is 3.09. The molecule has 0 saturated carbocycles. The number of hydrogen-bond acceptors (Lipinski definition) is 6. The second-order valence-electron chi connectivity index (χ2n) is 10.0. The second kappa shape index (κ2) is 9.17. The van der Waals surface area contributed by atoms with Gasteiger partial charge in [0.2, 0.25) is 0 Å². The lowest BCUT2D eigenvalue weighted by Crippen LogP contribution is -2.52. The Morgan fingerprint density at radius 3 is 2.44 bits per heavy atom. The Labute approximate surface area is 210 Å². The number of Topliss-reactive ketones (excluding diaryl/α,β-unsaturated/α-hetero) is 1. The van der Waals surface area contributed by atoms with Crippen molar-refractivity contribution in [1.29, 1.82) is 0 Å². The monoisotopic (exact) mass is 490 g/mol. The van der Waals surface area contributed by atoms with Gasteiger partial charge in [-0.2, -0.15) is 0 Å². The van der Waals surface area contributed by atoms with Gasteiger partial charge < -0.3 is 14.4 Å². The van der Waals surface area contributed by atoms with E-state index in [9.17, 15) is 19.2 Å². The smallest absolute Gasteiger partial charge is 0.261 e. The molecule has 0 unspecified atom stereocenters. The van der Waals surface area contributed by atoms with Gasteiger partial charge in [-0.1, -0.05) is 6.07 Å². The molecule has 3 heterocycles. The zero-order valence-electron chi connectivity index (χ0n) is 20.9. The fraction of sp³-hybridized carbons (Fsp3) is 0.429. The highest BCUT2D eigenvalue weighted by Gasteiger charge is 2.44. The molecular formula is C28H30N2O6. The van der Waals surface area contributed by atoms with E-state index in [-0.39, 0.29) is 35.6 Å². The third kappa shape index (κ3) is 4.09. The minimum absolute atomic E-state index is 0.0830. The van der Waals surface area contributed by atoms with Crippen LogP contribution in [0.2, 0.25) is 0 Å². The molecule has 0 radical (unpaired) electrons. The number of benzene rings is 2. The summed E-state index contributed by atoms with van der Waals surface area (Å²) < 4.78 is 11.4. The molecule has 1 saturated heterocycles. The van der Waals surface area contributed by atoms with Gasteiger partial charge in [0.15, 0.2) is 5.78 Å². The van der Waals surface area contributed by atoms with E-state index in [1.54, 1.807) is 24.1 Å². The van der Waals surface area contributed by atoms with Crippen LogP contribution in [0.4, 0.5) is 0 Å². The summed E-state index contributed by atoms with van der Waals surface area (Å²) in [5.41, 5.74) is 2.98. The third-order valence-corrected chi connectivity index (χ3v) is 7.43. The number of ether oxygens (including phenoxy) is 2. The van der Waals surface area contributed by atoms with Crippen molar-refractivity contribution in [3.63, 3.8) is 0 Å². The molecule has 0 atom stereocenters. The lowest BCUT2D eigenvalue weighted by molar-refractivity contribution is -0.00621. The Hall–Kier alpha value is -3.52. The van der Waals surface area contributed by atoms with Crippen molar-refractivity contribution in [3.05, 3.63) is 63.7 Å². The number of methoxy groups -OCH3 is 1. The first kappa shape index (κ1) is 24.2. The van der Waals surface area contributed by atoms with Crippen LogP contribution in [0, 0.1) is 13.8 Å². The molecule has 0 N–H and O–H groups in total. The SMILES string of the molecule is COCCCN1C(=O)c2ccc(C(=O)N3CCC4(CC3)CC(=O)c3cc(C)cc(C)c3O4)cc2C1=O. The number of hydrogen-bond donors (Lipinski definition) is 0. The zero-order valence-corrected chi connectivity index (χ0v) is 20.9. The van der Waals surface area contributed by atoms with Crippen LogP contribution in [0.1, 0.15) is 78.2 Å². The number of aryl methyl sites for hydroxylation is 2. The molecule has 1 spiro atoms. The van der Waals surface area contributed by atoms with Gasteiger partial charge in [-0.25, -0.2) is 0 Å². The molecule has 3 aliphatic rings. The van der Waals surface area contributed by atoms with Crippen molar-refractivity contribution >= 4 is 23.5 Å². The number of fused-ring (bicyclic) bond motifs is 2. The molecule has 0 bridgehead atoms. The first-order valence-electron chi connectivity index (χ1n) is 12.3. The van der Waals surface area contributed by atoms with Crippen LogP contribution in [0.5, 0.6) is 5.75 Å². The van der Waals surface area contributed by atoms with Crippen LogP contribution < -0.4 is 4.74 Å². The zero-order chi connectivity index (χ0) is 25.6. The van der Waals surface area contributed by atoms with Crippen molar-refractivity contribution in [2.24, 2.45) is 0 Å². The third-order valence-electron chi connectivity index (χ3n) is 7.43. The summed E-state index contributed by atoms with van der Waals surface area (Å²) in [4.78, 5) is 54.6. The maximum Gasteiger partial charge on any atom is 0.261 e. The van der Waals surface area contributed by atoms with Crippen LogP contribution in [0.15, 0.2) is 30.3 Å². The molecule has 5 rings (SSSR count). The predicted octanol–water partition coefficient (Wildman–Crippen LogP) is 3.58. The molecule has 3 aliphatic heterocycles. The Bertz CT molecular complexity index is 1280. The van der Waals surface area contributed by atoms with Gasteiger partial charge >= 0.3 is 0 Å². The first-order chi connectivity index (χ1) is 17.2. The normalized spacial score (nSPS) is 18.4. The van der Waals surface area contributed by atoms with Crippen molar-refractivity contribution in [2.45, 2.75) is 45.1 Å². The number of carbonyl (C=O) groups is 4. The number of carbonyl (C=O) groups excluding carboxylic acids is 4. The summed E-state index contributed by atoms with van der Waals surface area (Å²) in [6, 6.07) is 8.60. The van der Waals surface area contributed by atoms with Crippen LogP contribution in [-0.4, -0.2) is 72.3 Å². The summed E-state index contributed by atoms with van der Waals surface area (Å²) in [6.07, 6.45) is 1.95. The predicted molar refractivity (Wildman–Crippen MR) is 132 cm³/mol. The maximum atomic E-state index is 13.3. The van der Waals surface area contributed by atoms with Gasteiger partial charge in [0.05, 0.1) is 23.1 Å². The maximum absolute atomic E-state index is 13.3. The van der Waals surface area contributed by atoms with E-state index in [4.69, 9.17) is 9.47 Å². The van der Waals surface area contributed by atoms with E-state index in [0.29, 0.717) is 67.8 Å². The largest absolute Gasteiger partial charge is 0.486 e. The highest BCUT2D eigenvalue weighted by atomic mass is 16.5. The summed E-state index contributed by atoms with van der Waals surface area (Å²) in [5, 5.41) is 0. The minimum Gasteiger partial charge on any atom is -0.486 e. The first-order valence-corrected chi connectivity index (χ1v) is 12.3. The number of imide groups is 1. The molecule has 36 heavy (non-hydrogen) atoms. The van der Waals surface area contributed by atoms with Gasteiger partial charge in [0, 0.05) is 51.8 Å². The number of amides is 3. The van der Waals surface area contributed by atoms with Crippen molar-refractivity contribution in [2.75, 3.05) is 33.4 Å². The van der Waals surface area contributed by atoms with E-state index in [2.05, 4.69) is 0 Å². The summed E-state index contributed by atoms with van der Waals surface area (Å²) in [5.74, 6) is -0.167. The number of likely N-dealkylation sites (tertiary alicyclic amines) is 1. The second-order valence-corrected chi connectivity index (χ2v) is 10.0. The lowest BCUT2D eigenvalue weighted by Gasteiger charge is -2.44. The van der Waals surface area contributed by atoms with Crippen LogP contribution >= 0.6 is 0 Å². The number of ketones is 1. The number of nitrogens with zero attached hydrogens (tertiary/aromatic N) is 2. The van der Waals surface area contributed by atoms with Gasteiger partial charge in [-0.15, -0.1) is 0 Å². The molecule has 0 aromatic heterocycles. The van der Waals surface area contributed by atoms with Crippen molar-refractivity contribution in [1.82, 2.24) is 9.80 Å². The van der Waals surface area contributed by atoms with E-state index >= 15 is 0 Å². The molecular weight excluding hydrogens is 460 g/mol. The fourth-order valence-corrected chi connectivity index (χ4v) is 5.51. The topological polar surface area (TPSA) is 93.2 Å². The quantitative estimate of drug-likeness (QED) is 0.470. The van der Waals surface area contributed by atoms with E-state index in [1.165, 1.54) is 11.0 Å². The molecule has 1 fully saturated rings. The van der Waals surface area contributed by atoms with E-state index in [0.717, 1.165) is 11.1 Å². The Morgan fingerprint density at radius 2 is 1.72 bits per heavy atom. The molecule has 188 valence electrons. The van der Waals surface area contributed by atoms with Gasteiger partial charge in [0.25, 0.3) is 17.7 Å². The van der Waals surface area contributed by atoms with Gasteiger partial charge in [0.1, 0.15) is 11.4 Å². The molecule has 2 aromatic carbocycles. The lowest BCUT2D eigenvalue weighted by atomic mass is 9.81. The summed E-state index contributed by atoms with van der Waals surface area (Å²) in [6.45, 7) is 5.54. The Balaban J connectivity index is 1.28. The van der Waals surface area contributed by atoms with Gasteiger partial charge in [-0.05, 0) is 55.7 Å². The highest BCUT2D eigenvalue weighted by Crippen LogP contribution is 2.41. The van der Waals surface area contributed by atoms with Crippen LogP contribution in [-0.2, 0) is 4.74 Å². The highest BCUT2D eigenvalue weighted by molar-refractivity contribution is 6.22. The van der Waals surface area contributed by atoms with Crippen LogP contribution in [0.25, 0.3) is 0 Å². The molecule has 8 nitrogen and oxygen atoms in total. The summed E-state index contributed by atoms with van der Waals surface area (Å²) in [7, 11) is 1.57. The van der Waals surface area contributed by atoms with Crippen molar-refractivity contribution < 1.29 is 28.7 Å². The fourth-order valence-electron chi connectivity index (χ4n) is 5.51. The molecule has 0 aliphatic carbocycles. The van der Waals surface area contributed by atoms with Gasteiger partial charge in [-0.3, -0.25) is 24.1 Å². The molecule has 3 amide bonds. The standard InChI is InChI=1S/C28H30N2O6/c1-17-13-18(2)24-22(14-17)23(31)16-28(36-24)7-10-29(11-8-28)25(32)19-5-6-20-21(15-19)27(34)30(26(20)33)9-4-12-35-3/h5-6,13-15H,4,7-12,16H2,1-3H3. The van der Waals surface area contributed by atoms with E-state index < -0.39 is 5.60 Å². The van der Waals surface area contributed by atoms with Crippen molar-refractivity contribution in [3.8, 4) is 5.75 Å². The van der Waals surface area contributed by atoms with Crippen LogP contribution in [0.3, 0.4) is 0 Å². The Kier molecular flexibility index (Phi) is 6.16.